The fraction of sp³-hybridized carbons (Fsp3) is 0.933. The van der Waals surface area contributed by atoms with Crippen molar-refractivity contribution in [3.63, 3.8) is 0 Å². The summed E-state index contributed by atoms with van der Waals surface area (Å²) in [5.74, 6) is 0.462. The van der Waals surface area contributed by atoms with Crippen LogP contribution in [0.2, 0.25) is 0 Å². The first-order valence-electron chi connectivity index (χ1n) is 8.03. The number of amides is 1. The topological polar surface area (TPSA) is 44.4 Å². The van der Waals surface area contributed by atoms with Crippen LogP contribution < -0.4 is 10.6 Å². The molecular weight excluding hydrogens is 274 g/mol. The summed E-state index contributed by atoms with van der Waals surface area (Å²) in [6, 6.07) is 1.35. The molecule has 3 rings (SSSR count). The highest BCUT2D eigenvalue weighted by Crippen LogP contribution is 2.27. The van der Waals surface area contributed by atoms with Gasteiger partial charge in [-0.3, -0.25) is 9.69 Å². The average Bonchev–Trinajstić information content (AvgIpc) is 2.83. The third-order valence-corrected chi connectivity index (χ3v) is 5.28. The van der Waals surface area contributed by atoms with E-state index in [1.807, 2.05) is 0 Å². The molecule has 5 heteroatoms. The van der Waals surface area contributed by atoms with Crippen LogP contribution in [0.4, 0.5) is 0 Å². The van der Waals surface area contributed by atoms with Gasteiger partial charge in [-0.15, -0.1) is 12.4 Å². The van der Waals surface area contributed by atoms with Crippen molar-refractivity contribution in [3.05, 3.63) is 0 Å². The van der Waals surface area contributed by atoms with E-state index in [9.17, 15) is 4.79 Å². The molecule has 0 aliphatic carbocycles. The summed E-state index contributed by atoms with van der Waals surface area (Å²) in [5, 5.41) is 6.78. The molecule has 0 aromatic heterocycles. The fourth-order valence-electron chi connectivity index (χ4n) is 4.11. The van der Waals surface area contributed by atoms with Crippen molar-refractivity contribution >= 4 is 18.3 Å². The van der Waals surface area contributed by atoms with E-state index in [0.29, 0.717) is 18.1 Å². The highest BCUT2D eigenvalue weighted by Gasteiger charge is 2.38. The summed E-state index contributed by atoms with van der Waals surface area (Å²) in [6.07, 6.45) is 7.24. The number of rotatable bonds is 2. The molecular formula is C15H28ClN3O. The second kappa shape index (κ2) is 7.10. The number of hydrogen-bond acceptors (Lipinski definition) is 3. The fourth-order valence-corrected chi connectivity index (χ4v) is 4.11. The maximum absolute atomic E-state index is 12.5. The lowest BCUT2D eigenvalue weighted by molar-refractivity contribution is -0.127. The quantitative estimate of drug-likeness (QED) is 0.813. The van der Waals surface area contributed by atoms with Gasteiger partial charge >= 0.3 is 0 Å². The predicted octanol–water partition coefficient (Wildman–Crippen LogP) is 1.54. The van der Waals surface area contributed by atoms with Crippen LogP contribution in [-0.2, 0) is 4.79 Å². The molecule has 3 fully saturated rings. The molecule has 3 heterocycles. The van der Waals surface area contributed by atoms with E-state index < -0.39 is 0 Å². The van der Waals surface area contributed by atoms with Crippen molar-refractivity contribution < 1.29 is 4.79 Å². The zero-order valence-electron chi connectivity index (χ0n) is 12.4. The standard InChI is InChI=1S/C15H27N3O.ClH/c1-11-12(5-4-8-16-11)15(19)17-13-7-10-18-9-3-2-6-14(13)18;/h11-14,16H,2-10H2,1H3,(H,17,19);1H. The van der Waals surface area contributed by atoms with Gasteiger partial charge in [-0.2, -0.15) is 0 Å². The van der Waals surface area contributed by atoms with E-state index in [-0.39, 0.29) is 24.2 Å². The number of piperidine rings is 2. The van der Waals surface area contributed by atoms with Crippen molar-refractivity contribution in [2.24, 2.45) is 5.92 Å². The van der Waals surface area contributed by atoms with Gasteiger partial charge in [0.05, 0.1) is 5.92 Å². The van der Waals surface area contributed by atoms with Crippen LogP contribution in [-0.4, -0.2) is 48.6 Å². The van der Waals surface area contributed by atoms with Gasteiger partial charge in [0.2, 0.25) is 5.91 Å². The Morgan fingerprint density at radius 1 is 1.15 bits per heavy atom. The molecule has 3 aliphatic rings. The smallest absolute Gasteiger partial charge is 0.224 e. The minimum absolute atomic E-state index is 0. The Balaban J connectivity index is 0.00000147. The molecule has 4 unspecified atom stereocenters. The summed E-state index contributed by atoms with van der Waals surface area (Å²) >= 11 is 0. The zero-order chi connectivity index (χ0) is 13.2. The largest absolute Gasteiger partial charge is 0.351 e. The summed E-state index contributed by atoms with van der Waals surface area (Å²) in [7, 11) is 0. The summed E-state index contributed by atoms with van der Waals surface area (Å²) < 4.78 is 0. The van der Waals surface area contributed by atoms with Gasteiger partial charge in [0, 0.05) is 24.7 Å². The number of nitrogens with zero attached hydrogens (tertiary/aromatic N) is 1. The van der Waals surface area contributed by atoms with Crippen LogP contribution in [0.3, 0.4) is 0 Å². The molecule has 116 valence electrons. The van der Waals surface area contributed by atoms with E-state index in [0.717, 1.165) is 25.8 Å². The molecule has 0 saturated carbocycles. The van der Waals surface area contributed by atoms with Crippen LogP contribution in [0.5, 0.6) is 0 Å². The Labute approximate surface area is 128 Å². The van der Waals surface area contributed by atoms with Crippen molar-refractivity contribution in [2.45, 2.75) is 63.6 Å². The second-order valence-corrected chi connectivity index (χ2v) is 6.49. The van der Waals surface area contributed by atoms with Gasteiger partial charge in [-0.25, -0.2) is 0 Å². The zero-order valence-corrected chi connectivity index (χ0v) is 13.3. The maximum Gasteiger partial charge on any atom is 0.224 e. The lowest BCUT2D eigenvalue weighted by Crippen LogP contribution is -2.52. The molecule has 2 N–H and O–H groups in total. The molecule has 1 amide bonds. The minimum Gasteiger partial charge on any atom is -0.351 e. The molecule has 0 aromatic rings. The summed E-state index contributed by atoms with van der Waals surface area (Å²) in [6.45, 7) is 5.61. The summed E-state index contributed by atoms with van der Waals surface area (Å²) in [5.41, 5.74) is 0. The van der Waals surface area contributed by atoms with Crippen LogP contribution in [0.15, 0.2) is 0 Å². The van der Waals surface area contributed by atoms with Gasteiger partial charge in [-0.1, -0.05) is 6.42 Å². The molecule has 0 radical (unpaired) electrons. The Hall–Kier alpha value is -0.320. The molecule has 0 spiro atoms. The van der Waals surface area contributed by atoms with Crippen LogP contribution in [0.25, 0.3) is 0 Å². The number of hydrogen-bond donors (Lipinski definition) is 2. The van der Waals surface area contributed by atoms with Gasteiger partial charge < -0.3 is 10.6 Å². The van der Waals surface area contributed by atoms with Crippen molar-refractivity contribution in [2.75, 3.05) is 19.6 Å². The highest BCUT2D eigenvalue weighted by atomic mass is 35.5. The van der Waals surface area contributed by atoms with E-state index in [2.05, 4.69) is 22.5 Å². The van der Waals surface area contributed by atoms with Gasteiger partial charge in [-0.05, 0) is 52.1 Å². The van der Waals surface area contributed by atoms with E-state index in [1.54, 1.807) is 0 Å². The van der Waals surface area contributed by atoms with Crippen LogP contribution >= 0.6 is 12.4 Å². The first-order valence-corrected chi connectivity index (χ1v) is 8.03. The van der Waals surface area contributed by atoms with Gasteiger partial charge in [0.25, 0.3) is 0 Å². The molecule has 4 nitrogen and oxygen atoms in total. The van der Waals surface area contributed by atoms with E-state index in [4.69, 9.17) is 0 Å². The Bertz CT molecular complexity index is 339. The second-order valence-electron chi connectivity index (χ2n) is 6.49. The van der Waals surface area contributed by atoms with Crippen LogP contribution in [0.1, 0.15) is 45.4 Å². The molecule has 4 atom stereocenters. The van der Waals surface area contributed by atoms with E-state index in [1.165, 1.54) is 32.4 Å². The van der Waals surface area contributed by atoms with Crippen molar-refractivity contribution in [3.8, 4) is 0 Å². The lowest BCUT2D eigenvalue weighted by Gasteiger charge is -2.34. The number of carbonyl (C=O) groups is 1. The third kappa shape index (κ3) is 3.29. The molecule has 3 saturated heterocycles. The predicted molar refractivity (Wildman–Crippen MR) is 83.2 cm³/mol. The molecule has 20 heavy (non-hydrogen) atoms. The monoisotopic (exact) mass is 301 g/mol. The highest BCUT2D eigenvalue weighted by molar-refractivity contribution is 5.85. The Kier molecular flexibility index (Phi) is 5.70. The number of fused-ring (bicyclic) bond motifs is 1. The number of halogens is 1. The first-order chi connectivity index (χ1) is 9.25. The van der Waals surface area contributed by atoms with E-state index >= 15 is 0 Å². The SMILES string of the molecule is CC1NCCCC1C(=O)NC1CCN2CCCCC12.Cl. The van der Waals surface area contributed by atoms with Gasteiger partial charge in [0.15, 0.2) is 0 Å². The minimum atomic E-state index is 0. The first kappa shape index (κ1) is 16.1. The maximum atomic E-state index is 12.5. The average molecular weight is 302 g/mol. The summed E-state index contributed by atoms with van der Waals surface area (Å²) in [4.78, 5) is 15.0. The molecule has 0 aromatic carbocycles. The Morgan fingerprint density at radius 2 is 2.00 bits per heavy atom. The number of carbonyl (C=O) groups excluding carboxylic acids is 1. The molecule has 0 bridgehead atoms. The normalized spacial score (nSPS) is 37.9. The lowest BCUT2D eigenvalue weighted by atomic mass is 9.90. The third-order valence-electron chi connectivity index (χ3n) is 5.28. The van der Waals surface area contributed by atoms with Crippen molar-refractivity contribution in [1.82, 2.24) is 15.5 Å². The van der Waals surface area contributed by atoms with Crippen molar-refractivity contribution in [1.29, 1.82) is 0 Å². The molecule has 3 aliphatic heterocycles. The van der Waals surface area contributed by atoms with Crippen LogP contribution in [0, 0.1) is 5.92 Å². The number of nitrogens with one attached hydrogen (secondary N) is 2. The Morgan fingerprint density at radius 3 is 2.80 bits per heavy atom. The van der Waals surface area contributed by atoms with Gasteiger partial charge in [0.1, 0.15) is 0 Å².